The van der Waals surface area contributed by atoms with Crippen molar-refractivity contribution in [3.8, 4) is 0 Å². The van der Waals surface area contributed by atoms with Gasteiger partial charge >= 0.3 is 8.84 Å². The Bertz CT molecular complexity index is 924. The van der Waals surface area contributed by atoms with Crippen molar-refractivity contribution in [3.63, 3.8) is 0 Å². The van der Waals surface area contributed by atoms with E-state index in [9.17, 15) is 9.57 Å². The molecule has 0 radical (unpaired) electrons. The standard InChI is InChI=1S/C17H18ClN3O2Si/c1-11-14(18)4-3-5-17(11)24(23)20-13-6-7-15-16(10-13)21(8-9-22)12(2)19-15/h3-7,10,20,22H,8-9H2,1-2H3. The first kappa shape index (κ1) is 16.8. The Kier molecular flexibility index (Phi) is 4.80. The zero-order chi connectivity index (χ0) is 17.3. The fourth-order valence-electron chi connectivity index (χ4n) is 2.76. The van der Waals surface area contributed by atoms with Crippen LogP contribution in [0.15, 0.2) is 36.4 Å². The largest absolute Gasteiger partial charge is 0.433 e. The van der Waals surface area contributed by atoms with E-state index < -0.39 is 8.84 Å². The fraction of sp³-hybridized carbons (Fsp3) is 0.235. The summed E-state index contributed by atoms with van der Waals surface area (Å²) in [7, 11) is -2.22. The molecule has 3 aromatic rings. The molecule has 124 valence electrons. The minimum absolute atomic E-state index is 0.0439. The number of benzene rings is 2. The number of aliphatic hydroxyl groups is 1. The van der Waals surface area contributed by atoms with E-state index in [1.54, 1.807) is 12.1 Å². The predicted molar refractivity (Wildman–Crippen MR) is 97.4 cm³/mol. The first-order chi connectivity index (χ1) is 11.5. The average molecular weight is 360 g/mol. The van der Waals surface area contributed by atoms with Crippen LogP contribution < -0.4 is 10.2 Å². The van der Waals surface area contributed by atoms with Gasteiger partial charge in [0.1, 0.15) is 5.82 Å². The van der Waals surface area contributed by atoms with Crippen LogP contribution in [0, 0.1) is 13.8 Å². The van der Waals surface area contributed by atoms with Crippen LogP contribution in [-0.4, -0.2) is 30.1 Å². The molecule has 1 aromatic heterocycles. The molecule has 0 amide bonds. The summed E-state index contributed by atoms with van der Waals surface area (Å²) in [5, 5.41) is 10.6. The quantitative estimate of drug-likeness (QED) is 0.687. The van der Waals surface area contributed by atoms with Gasteiger partial charge < -0.3 is 19.1 Å². The molecule has 1 heterocycles. The molecule has 0 aliphatic heterocycles. The van der Waals surface area contributed by atoms with Crippen molar-refractivity contribution >= 4 is 42.4 Å². The fourth-order valence-corrected chi connectivity index (χ4v) is 4.28. The maximum atomic E-state index is 12.7. The first-order valence-electron chi connectivity index (χ1n) is 7.65. The summed E-state index contributed by atoms with van der Waals surface area (Å²) in [6.07, 6.45) is 0. The van der Waals surface area contributed by atoms with E-state index in [1.165, 1.54) is 0 Å². The maximum Gasteiger partial charge on any atom is 0.433 e. The van der Waals surface area contributed by atoms with E-state index in [2.05, 4.69) is 9.97 Å². The van der Waals surface area contributed by atoms with E-state index in [0.717, 1.165) is 33.3 Å². The Balaban J connectivity index is 1.94. The van der Waals surface area contributed by atoms with Gasteiger partial charge in [0, 0.05) is 22.4 Å². The van der Waals surface area contributed by atoms with E-state index in [4.69, 9.17) is 11.6 Å². The Labute approximate surface area is 146 Å². The van der Waals surface area contributed by atoms with Gasteiger partial charge in [-0.15, -0.1) is 0 Å². The van der Waals surface area contributed by atoms with Gasteiger partial charge in [0.2, 0.25) is 0 Å². The van der Waals surface area contributed by atoms with Gasteiger partial charge in [0.05, 0.1) is 17.6 Å². The van der Waals surface area contributed by atoms with E-state index in [-0.39, 0.29) is 6.61 Å². The lowest BCUT2D eigenvalue weighted by Gasteiger charge is -2.09. The van der Waals surface area contributed by atoms with Crippen LogP contribution in [0.5, 0.6) is 0 Å². The molecule has 2 N–H and O–H groups in total. The number of hydrogen-bond donors (Lipinski definition) is 2. The van der Waals surface area contributed by atoms with Crippen LogP contribution in [0.4, 0.5) is 5.69 Å². The molecule has 0 aliphatic carbocycles. The van der Waals surface area contributed by atoms with Crippen LogP contribution >= 0.6 is 11.6 Å². The summed E-state index contributed by atoms with van der Waals surface area (Å²) in [5.74, 6) is 0.842. The van der Waals surface area contributed by atoms with Gasteiger partial charge in [-0.2, -0.15) is 0 Å². The van der Waals surface area contributed by atoms with Gasteiger partial charge in [0.15, 0.2) is 0 Å². The Morgan fingerprint density at radius 3 is 2.83 bits per heavy atom. The number of rotatable bonds is 5. The monoisotopic (exact) mass is 359 g/mol. The SMILES string of the molecule is Cc1c(Cl)cccc1[Si](=O)Nc1ccc2nc(C)n(CCO)c2c1. The maximum absolute atomic E-state index is 12.7. The molecule has 0 atom stereocenters. The van der Waals surface area contributed by atoms with E-state index >= 15 is 0 Å². The lowest BCUT2D eigenvalue weighted by Crippen LogP contribution is -2.31. The van der Waals surface area contributed by atoms with Crippen LogP contribution in [0.3, 0.4) is 0 Å². The van der Waals surface area contributed by atoms with Crippen LogP contribution in [0.2, 0.25) is 5.02 Å². The molecule has 2 aromatic carbocycles. The minimum Gasteiger partial charge on any atom is -0.395 e. The van der Waals surface area contributed by atoms with Gasteiger partial charge in [-0.05, 0) is 43.7 Å². The smallest absolute Gasteiger partial charge is 0.395 e. The highest BCUT2D eigenvalue weighted by atomic mass is 35.5. The molecule has 0 saturated heterocycles. The number of aliphatic hydroxyl groups excluding tert-OH is 1. The molecule has 0 aliphatic rings. The van der Waals surface area contributed by atoms with Gasteiger partial charge in [0.25, 0.3) is 0 Å². The second kappa shape index (κ2) is 6.84. The molecule has 7 heteroatoms. The normalized spacial score (nSPS) is 11.0. The summed E-state index contributed by atoms with van der Waals surface area (Å²) < 4.78 is 14.6. The number of halogens is 1. The average Bonchev–Trinajstić information content (AvgIpc) is 2.86. The first-order valence-corrected chi connectivity index (χ1v) is 9.44. The van der Waals surface area contributed by atoms with Gasteiger partial charge in [-0.1, -0.05) is 23.7 Å². The van der Waals surface area contributed by atoms with Crippen molar-refractivity contribution in [1.29, 1.82) is 0 Å². The molecule has 3 rings (SSSR count). The van der Waals surface area contributed by atoms with Crippen LogP contribution in [-0.2, 0) is 11.0 Å². The zero-order valence-corrected chi connectivity index (χ0v) is 15.3. The van der Waals surface area contributed by atoms with Crippen molar-refractivity contribution in [1.82, 2.24) is 9.55 Å². The summed E-state index contributed by atoms with van der Waals surface area (Å²) in [6.45, 7) is 4.29. The van der Waals surface area contributed by atoms with Crippen molar-refractivity contribution in [3.05, 3.63) is 52.8 Å². The van der Waals surface area contributed by atoms with E-state index in [0.29, 0.717) is 11.6 Å². The predicted octanol–water partition coefficient (Wildman–Crippen LogP) is 2.54. The number of imidazole rings is 1. The minimum atomic E-state index is -2.22. The Morgan fingerprint density at radius 2 is 2.08 bits per heavy atom. The highest BCUT2D eigenvalue weighted by molar-refractivity contribution is 6.63. The number of nitrogens with one attached hydrogen (secondary N) is 1. The molecular weight excluding hydrogens is 342 g/mol. The Morgan fingerprint density at radius 1 is 1.29 bits per heavy atom. The summed E-state index contributed by atoms with van der Waals surface area (Å²) in [4.78, 5) is 7.55. The molecule has 0 saturated carbocycles. The summed E-state index contributed by atoms with van der Waals surface area (Å²) >= 11 is 6.11. The third-order valence-corrected chi connectivity index (χ3v) is 5.99. The van der Waals surface area contributed by atoms with Crippen molar-refractivity contribution in [2.45, 2.75) is 20.4 Å². The molecule has 0 unspecified atom stereocenters. The third-order valence-electron chi connectivity index (χ3n) is 4.03. The second-order valence-electron chi connectivity index (χ2n) is 5.60. The number of aromatic nitrogens is 2. The van der Waals surface area contributed by atoms with Crippen LogP contribution in [0.25, 0.3) is 11.0 Å². The highest BCUT2D eigenvalue weighted by Crippen LogP contribution is 2.20. The number of hydrogen-bond acceptors (Lipinski definition) is 3. The highest BCUT2D eigenvalue weighted by Gasteiger charge is 2.15. The number of nitrogens with zero attached hydrogens (tertiary/aromatic N) is 2. The summed E-state index contributed by atoms with van der Waals surface area (Å²) in [5.41, 5.74) is 3.34. The Hall–Kier alpha value is -2.02. The van der Waals surface area contributed by atoms with Gasteiger partial charge in [-0.3, -0.25) is 0 Å². The van der Waals surface area contributed by atoms with E-state index in [1.807, 2.05) is 42.7 Å². The number of anilines is 1. The molecule has 0 fully saturated rings. The lowest BCUT2D eigenvalue weighted by atomic mass is 10.2. The number of fused-ring (bicyclic) bond motifs is 1. The molecule has 24 heavy (non-hydrogen) atoms. The number of aryl methyl sites for hydroxylation is 1. The third kappa shape index (κ3) is 3.13. The van der Waals surface area contributed by atoms with Crippen molar-refractivity contribution in [2.24, 2.45) is 0 Å². The topological polar surface area (TPSA) is 67.2 Å². The van der Waals surface area contributed by atoms with Gasteiger partial charge in [-0.25, -0.2) is 4.98 Å². The van der Waals surface area contributed by atoms with Crippen molar-refractivity contribution < 1.29 is 9.57 Å². The molecular formula is C17H18ClN3O2Si. The molecule has 5 nitrogen and oxygen atoms in total. The summed E-state index contributed by atoms with van der Waals surface area (Å²) in [6, 6.07) is 11.1. The lowest BCUT2D eigenvalue weighted by molar-refractivity contribution is 0.276. The van der Waals surface area contributed by atoms with Crippen molar-refractivity contribution in [2.75, 3.05) is 11.6 Å². The molecule has 0 spiro atoms. The molecule has 0 bridgehead atoms. The van der Waals surface area contributed by atoms with Crippen LogP contribution in [0.1, 0.15) is 11.4 Å². The zero-order valence-electron chi connectivity index (χ0n) is 13.5. The second-order valence-corrected chi connectivity index (χ2v) is 7.46.